The molecule has 5 nitrogen and oxygen atoms in total. The van der Waals surface area contributed by atoms with E-state index in [1.807, 2.05) is 29.2 Å². The molecule has 0 saturated carbocycles. The second kappa shape index (κ2) is 7.59. The van der Waals surface area contributed by atoms with Gasteiger partial charge in [0.15, 0.2) is 0 Å². The van der Waals surface area contributed by atoms with Crippen LogP contribution in [0.5, 0.6) is 0 Å². The van der Waals surface area contributed by atoms with Crippen molar-refractivity contribution in [2.75, 3.05) is 19.7 Å². The summed E-state index contributed by atoms with van der Waals surface area (Å²) >= 11 is 0. The molecule has 1 atom stereocenters. The molecule has 2 amide bonds. The molecule has 0 aliphatic carbocycles. The van der Waals surface area contributed by atoms with Crippen molar-refractivity contribution < 1.29 is 14.3 Å². The molecule has 3 rings (SSSR count). The molecule has 0 bridgehead atoms. The topological polar surface area (TPSA) is 58.6 Å². The minimum Gasteiger partial charge on any atom is -0.368 e. The third kappa shape index (κ3) is 4.10. The van der Waals surface area contributed by atoms with E-state index in [0.717, 1.165) is 56.3 Å². The van der Waals surface area contributed by atoms with Crippen LogP contribution in [-0.2, 0) is 16.1 Å². The van der Waals surface area contributed by atoms with Gasteiger partial charge in [-0.1, -0.05) is 12.1 Å². The normalized spacial score (nSPS) is 21.2. The highest BCUT2D eigenvalue weighted by Gasteiger charge is 2.22. The first-order chi connectivity index (χ1) is 11.2. The molecule has 2 heterocycles. The number of carbonyl (C=O) groups is 2. The van der Waals surface area contributed by atoms with Gasteiger partial charge < -0.3 is 15.0 Å². The van der Waals surface area contributed by atoms with Crippen molar-refractivity contribution in [1.29, 1.82) is 0 Å². The van der Waals surface area contributed by atoms with Crippen LogP contribution in [0.25, 0.3) is 0 Å². The van der Waals surface area contributed by atoms with Gasteiger partial charge in [-0.15, -0.1) is 0 Å². The largest absolute Gasteiger partial charge is 0.368 e. The maximum absolute atomic E-state index is 12.3. The molecule has 1 unspecified atom stereocenters. The van der Waals surface area contributed by atoms with Gasteiger partial charge in [-0.2, -0.15) is 0 Å². The van der Waals surface area contributed by atoms with Crippen LogP contribution in [0.15, 0.2) is 24.3 Å². The maximum atomic E-state index is 12.3. The lowest BCUT2D eigenvalue weighted by Crippen LogP contribution is -2.37. The van der Waals surface area contributed by atoms with Crippen molar-refractivity contribution in [1.82, 2.24) is 10.2 Å². The molecule has 0 spiro atoms. The van der Waals surface area contributed by atoms with Crippen molar-refractivity contribution in [2.45, 2.75) is 44.8 Å². The zero-order valence-corrected chi connectivity index (χ0v) is 13.4. The lowest BCUT2D eigenvalue weighted by Gasteiger charge is -2.21. The summed E-state index contributed by atoms with van der Waals surface area (Å²) in [5.74, 6) is 0.0654. The molecule has 5 heteroatoms. The van der Waals surface area contributed by atoms with E-state index >= 15 is 0 Å². The molecule has 2 aliphatic heterocycles. The molecular formula is C18H24N2O3. The average Bonchev–Trinajstić information content (AvgIpc) is 3.15. The maximum Gasteiger partial charge on any atom is 0.253 e. The van der Waals surface area contributed by atoms with Crippen LogP contribution in [0.1, 0.15) is 48.0 Å². The van der Waals surface area contributed by atoms with Crippen molar-refractivity contribution in [3.8, 4) is 0 Å². The summed E-state index contributed by atoms with van der Waals surface area (Å²) in [5.41, 5.74) is 1.71. The standard InChI is InChI=1S/C18H24N2O3/c21-17(16-5-1-4-12-23-16)19-13-14-6-8-15(9-7-14)18(22)20-10-2-3-11-20/h6-9,16H,1-5,10-13H2,(H,19,21). The van der Waals surface area contributed by atoms with E-state index in [1.54, 1.807) is 0 Å². The SMILES string of the molecule is O=C(NCc1ccc(C(=O)N2CCCC2)cc1)C1CCCCO1. The monoisotopic (exact) mass is 316 g/mol. The lowest BCUT2D eigenvalue weighted by molar-refractivity contribution is -0.135. The summed E-state index contributed by atoms with van der Waals surface area (Å²) in [6.45, 7) is 2.86. The lowest BCUT2D eigenvalue weighted by atomic mass is 10.1. The Hall–Kier alpha value is -1.88. The van der Waals surface area contributed by atoms with Gasteiger partial charge in [-0.25, -0.2) is 0 Å². The van der Waals surface area contributed by atoms with E-state index in [1.165, 1.54) is 0 Å². The third-order valence-corrected chi connectivity index (χ3v) is 4.53. The van der Waals surface area contributed by atoms with E-state index in [2.05, 4.69) is 5.32 Å². The van der Waals surface area contributed by atoms with E-state index in [-0.39, 0.29) is 17.9 Å². The number of ether oxygens (including phenoxy) is 1. The summed E-state index contributed by atoms with van der Waals surface area (Å²) < 4.78 is 5.47. The van der Waals surface area contributed by atoms with Crippen LogP contribution in [0.4, 0.5) is 0 Å². The number of hydrogen-bond donors (Lipinski definition) is 1. The number of carbonyl (C=O) groups excluding carboxylic acids is 2. The first-order valence-corrected chi connectivity index (χ1v) is 8.51. The van der Waals surface area contributed by atoms with Crippen molar-refractivity contribution in [3.05, 3.63) is 35.4 Å². The van der Waals surface area contributed by atoms with Crippen molar-refractivity contribution in [3.63, 3.8) is 0 Å². The summed E-state index contributed by atoms with van der Waals surface area (Å²) in [4.78, 5) is 26.2. The van der Waals surface area contributed by atoms with Gasteiger partial charge in [0.25, 0.3) is 5.91 Å². The van der Waals surface area contributed by atoms with Gasteiger partial charge in [0.1, 0.15) is 6.10 Å². The number of nitrogens with zero attached hydrogens (tertiary/aromatic N) is 1. The fourth-order valence-electron chi connectivity index (χ4n) is 3.12. The van der Waals surface area contributed by atoms with E-state index in [0.29, 0.717) is 13.2 Å². The number of likely N-dealkylation sites (tertiary alicyclic amines) is 1. The molecule has 0 aromatic heterocycles. The first-order valence-electron chi connectivity index (χ1n) is 8.51. The predicted molar refractivity (Wildman–Crippen MR) is 87.0 cm³/mol. The van der Waals surface area contributed by atoms with E-state index in [9.17, 15) is 9.59 Å². The molecule has 2 saturated heterocycles. The summed E-state index contributed by atoms with van der Waals surface area (Å²) in [6.07, 6.45) is 4.77. The van der Waals surface area contributed by atoms with Crippen molar-refractivity contribution >= 4 is 11.8 Å². The Morgan fingerprint density at radius 3 is 2.48 bits per heavy atom. The Balaban J connectivity index is 1.51. The zero-order chi connectivity index (χ0) is 16.1. The summed E-state index contributed by atoms with van der Waals surface area (Å²) in [5, 5.41) is 2.91. The minimum atomic E-state index is -0.306. The van der Waals surface area contributed by atoms with E-state index in [4.69, 9.17) is 4.74 Å². The molecule has 1 aromatic rings. The smallest absolute Gasteiger partial charge is 0.253 e. The zero-order valence-electron chi connectivity index (χ0n) is 13.4. The Labute approximate surface area is 137 Å². The Morgan fingerprint density at radius 2 is 1.83 bits per heavy atom. The van der Waals surface area contributed by atoms with Crippen molar-refractivity contribution in [2.24, 2.45) is 0 Å². The molecule has 23 heavy (non-hydrogen) atoms. The van der Waals surface area contributed by atoms with Crippen LogP contribution >= 0.6 is 0 Å². The van der Waals surface area contributed by atoms with Gasteiger partial charge in [0.05, 0.1) is 0 Å². The fourth-order valence-corrected chi connectivity index (χ4v) is 3.12. The summed E-state index contributed by atoms with van der Waals surface area (Å²) in [7, 11) is 0. The third-order valence-electron chi connectivity index (χ3n) is 4.53. The number of rotatable bonds is 4. The van der Waals surface area contributed by atoms with Gasteiger partial charge in [0, 0.05) is 31.8 Å². The second-order valence-corrected chi connectivity index (χ2v) is 6.27. The highest BCUT2D eigenvalue weighted by atomic mass is 16.5. The number of amides is 2. The van der Waals surface area contributed by atoms with Crippen LogP contribution in [0, 0.1) is 0 Å². The molecule has 1 aromatic carbocycles. The van der Waals surface area contributed by atoms with Gasteiger partial charge in [-0.3, -0.25) is 9.59 Å². The number of nitrogens with one attached hydrogen (secondary N) is 1. The highest BCUT2D eigenvalue weighted by Crippen LogP contribution is 2.15. The highest BCUT2D eigenvalue weighted by molar-refractivity contribution is 5.94. The summed E-state index contributed by atoms with van der Waals surface area (Å²) in [6, 6.07) is 7.51. The quantitative estimate of drug-likeness (QED) is 0.925. The van der Waals surface area contributed by atoms with Crippen LogP contribution < -0.4 is 5.32 Å². The molecule has 2 aliphatic rings. The molecule has 1 N–H and O–H groups in total. The molecule has 124 valence electrons. The molecule has 0 radical (unpaired) electrons. The number of hydrogen-bond acceptors (Lipinski definition) is 3. The molecule has 2 fully saturated rings. The Kier molecular flexibility index (Phi) is 5.28. The number of benzene rings is 1. The molecular weight excluding hydrogens is 292 g/mol. The van der Waals surface area contributed by atoms with Crippen LogP contribution in [0.2, 0.25) is 0 Å². The predicted octanol–water partition coefficient (Wildman–Crippen LogP) is 2.11. The minimum absolute atomic E-state index is 0.0399. The van der Waals surface area contributed by atoms with Gasteiger partial charge in [-0.05, 0) is 49.8 Å². The average molecular weight is 316 g/mol. The Morgan fingerprint density at radius 1 is 1.09 bits per heavy atom. The Bertz CT molecular complexity index is 544. The fraction of sp³-hybridized carbons (Fsp3) is 0.556. The van der Waals surface area contributed by atoms with Gasteiger partial charge >= 0.3 is 0 Å². The van der Waals surface area contributed by atoms with E-state index < -0.39 is 0 Å². The van der Waals surface area contributed by atoms with Crippen LogP contribution in [-0.4, -0.2) is 42.5 Å². The van der Waals surface area contributed by atoms with Gasteiger partial charge in [0.2, 0.25) is 5.91 Å². The van der Waals surface area contributed by atoms with Crippen LogP contribution in [0.3, 0.4) is 0 Å². The second-order valence-electron chi connectivity index (χ2n) is 6.27. The first kappa shape index (κ1) is 16.0.